The molecule has 0 bridgehead atoms. The molecule has 8 heteroatoms. The zero-order valence-corrected chi connectivity index (χ0v) is 20.5. The number of nitriles is 1. The molecule has 1 fully saturated rings. The number of rotatable bonds is 7. The van der Waals surface area contributed by atoms with E-state index in [9.17, 15) is 10.1 Å². The van der Waals surface area contributed by atoms with Crippen LogP contribution in [0.25, 0.3) is 6.08 Å². The predicted molar refractivity (Wildman–Crippen MR) is 140 cm³/mol. The van der Waals surface area contributed by atoms with Crippen LogP contribution in [0.4, 0.5) is 5.69 Å². The zero-order chi connectivity index (χ0) is 24.1. The molecule has 1 amide bonds. The van der Waals surface area contributed by atoms with Gasteiger partial charge >= 0.3 is 0 Å². The largest absolute Gasteiger partial charge is 0.490 e. The fourth-order valence-corrected chi connectivity index (χ4v) is 4.85. The van der Waals surface area contributed by atoms with Crippen LogP contribution >= 0.6 is 35.6 Å². The van der Waals surface area contributed by atoms with Gasteiger partial charge in [-0.15, -0.1) is 0 Å². The fourth-order valence-electron chi connectivity index (χ4n) is 3.37. The smallest absolute Gasteiger partial charge is 0.270 e. The number of hydrogen-bond donors (Lipinski definition) is 0. The van der Waals surface area contributed by atoms with Gasteiger partial charge in [0.25, 0.3) is 5.91 Å². The van der Waals surface area contributed by atoms with Gasteiger partial charge in [0.05, 0.1) is 28.8 Å². The van der Waals surface area contributed by atoms with Crippen LogP contribution in [-0.2, 0) is 11.4 Å². The maximum absolute atomic E-state index is 13.1. The van der Waals surface area contributed by atoms with Gasteiger partial charge in [-0.1, -0.05) is 65.9 Å². The summed E-state index contributed by atoms with van der Waals surface area (Å²) < 4.78 is 12.2. The lowest BCUT2D eigenvalue weighted by Crippen LogP contribution is -2.27. The van der Waals surface area contributed by atoms with Gasteiger partial charge in [0.2, 0.25) is 0 Å². The van der Waals surface area contributed by atoms with Crippen LogP contribution in [0.1, 0.15) is 23.6 Å². The van der Waals surface area contributed by atoms with E-state index in [1.54, 1.807) is 42.5 Å². The summed E-state index contributed by atoms with van der Waals surface area (Å²) in [5.41, 5.74) is 2.77. The molecule has 1 aliphatic rings. The Bertz CT molecular complexity index is 1330. The third-order valence-corrected chi connectivity index (χ3v) is 6.48. The van der Waals surface area contributed by atoms with Gasteiger partial charge in [0, 0.05) is 10.6 Å². The number of thioether (sulfide) groups is 1. The lowest BCUT2D eigenvalue weighted by molar-refractivity contribution is -0.113. The predicted octanol–water partition coefficient (Wildman–Crippen LogP) is 6.60. The summed E-state index contributed by atoms with van der Waals surface area (Å²) in [5, 5.41) is 9.82. The number of anilines is 1. The van der Waals surface area contributed by atoms with Crippen LogP contribution < -0.4 is 14.4 Å². The monoisotopic (exact) mass is 506 g/mol. The second kappa shape index (κ2) is 10.7. The van der Waals surface area contributed by atoms with Gasteiger partial charge in [-0.05, 0) is 55.0 Å². The highest BCUT2D eigenvalue weighted by Gasteiger charge is 2.33. The van der Waals surface area contributed by atoms with Crippen molar-refractivity contribution in [2.45, 2.75) is 13.5 Å². The second-order valence-corrected chi connectivity index (χ2v) is 9.31. The second-order valence-electron chi connectivity index (χ2n) is 7.19. The Hall–Kier alpha value is -3.31. The fraction of sp³-hybridized carbons (Fsp3) is 0.115. The molecule has 34 heavy (non-hydrogen) atoms. The summed E-state index contributed by atoms with van der Waals surface area (Å²) in [4.78, 5) is 15.0. The zero-order valence-electron chi connectivity index (χ0n) is 18.2. The van der Waals surface area contributed by atoms with E-state index < -0.39 is 0 Å². The highest BCUT2D eigenvalue weighted by molar-refractivity contribution is 8.27. The lowest BCUT2D eigenvalue weighted by Gasteiger charge is -2.14. The molecule has 0 N–H and O–H groups in total. The Morgan fingerprint density at radius 1 is 1.09 bits per heavy atom. The minimum absolute atomic E-state index is 0.205. The molecule has 0 spiro atoms. The van der Waals surface area contributed by atoms with Crippen molar-refractivity contribution >= 4 is 57.6 Å². The molecule has 5 nitrogen and oxygen atoms in total. The average Bonchev–Trinajstić information content (AvgIpc) is 3.11. The molecule has 0 atom stereocenters. The first-order valence-electron chi connectivity index (χ1n) is 10.4. The van der Waals surface area contributed by atoms with Gasteiger partial charge in [-0.3, -0.25) is 9.69 Å². The summed E-state index contributed by atoms with van der Waals surface area (Å²) in [5.74, 6) is 0.901. The minimum Gasteiger partial charge on any atom is -0.490 e. The van der Waals surface area contributed by atoms with Crippen molar-refractivity contribution in [2.75, 3.05) is 11.5 Å². The van der Waals surface area contributed by atoms with E-state index in [1.807, 2.05) is 37.3 Å². The number of benzene rings is 3. The molecule has 4 rings (SSSR count). The molecule has 1 heterocycles. The number of ether oxygens (including phenoxy) is 2. The van der Waals surface area contributed by atoms with E-state index in [2.05, 4.69) is 6.07 Å². The van der Waals surface area contributed by atoms with Crippen LogP contribution in [0, 0.1) is 11.3 Å². The van der Waals surface area contributed by atoms with Crippen molar-refractivity contribution in [1.82, 2.24) is 0 Å². The van der Waals surface area contributed by atoms with E-state index >= 15 is 0 Å². The number of nitrogens with zero attached hydrogens (tertiary/aromatic N) is 2. The van der Waals surface area contributed by atoms with Crippen molar-refractivity contribution in [3.05, 3.63) is 93.3 Å². The molecule has 0 unspecified atom stereocenters. The average molecular weight is 507 g/mol. The Morgan fingerprint density at radius 2 is 1.91 bits per heavy atom. The summed E-state index contributed by atoms with van der Waals surface area (Å²) in [7, 11) is 0. The molecular weight excluding hydrogens is 488 g/mol. The topological polar surface area (TPSA) is 62.6 Å². The van der Waals surface area contributed by atoms with Crippen LogP contribution in [-0.4, -0.2) is 16.8 Å². The van der Waals surface area contributed by atoms with Gasteiger partial charge < -0.3 is 9.47 Å². The third-order valence-electron chi connectivity index (χ3n) is 4.95. The molecule has 0 aromatic heterocycles. The molecule has 1 aliphatic heterocycles. The molecule has 0 aliphatic carbocycles. The van der Waals surface area contributed by atoms with Gasteiger partial charge in [-0.25, -0.2) is 0 Å². The van der Waals surface area contributed by atoms with Crippen molar-refractivity contribution in [3.63, 3.8) is 0 Å². The van der Waals surface area contributed by atoms with Gasteiger partial charge in [-0.2, -0.15) is 5.26 Å². The Kier molecular flexibility index (Phi) is 7.53. The van der Waals surface area contributed by atoms with Crippen molar-refractivity contribution in [2.24, 2.45) is 0 Å². The first-order chi connectivity index (χ1) is 16.5. The number of amides is 1. The van der Waals surface area contributed by atoms with Crippen molar-refractivity contribution in [1.29, 1.82) is 5.26 Å². The highest BCUT2D eigenvalue weighted by atomic mass is 35.5. The number of hydrogen-bond acceptors (Lipinski definition) is 6. The van der Waals surface area contributed by atoms with E-state index in [1.165, 1.54) is 16.7 Å². The van der Waals surface area contributed by atoms with Crippen molar-refractivity contribution < 1.29 is 14.3 Å². The van der Waals surface area contributed by atoms with E-state index in [4.69, 9.17) is 33.3 Å². The Morgan fingerprint density at radius 3 is 2.68 bits per heavy atom. The van der Waals surface area contributed by atoms with Crippen LogP contribution in [0.5, 0.6) is 11.5 Å². The van der Waals surface area contributed by atoms with Gasteiger partial charge in [0.15, 0.2) is 15.8 Å². The summed E-state index contributed by atoms with van der Waals surface area (Å²) >= 11 is 12.8. The Balaban J connectivity index is 1.57. The standard InChI is InChI=1S/C26H19ClN2O3S2/c1-2-31-23-12-17(10-11-22(23)32-16-19-7-4-3-6-18(19)15-28)13-24-25(30)29(26(33)34-24)21-9-5-8-20(27)14-21/h3-14H,2,16H2,1H3/b24-13+. The Labute approximate surface area is 212 Å². The summed E-state index contributed by atoms with van der Waals surface area (Å²) in [6, 6.07) is 22.0. The maximum Gasteiger partial charge on any atom is 0.270 e. The van der Waals surface area contributed by atoms with E-state index in [0.29, 0.717) is 43.6 Å². The number of thiocarbonyl (C=S) groups is 1. The maximum atomic E-state index is 13.1. The molecule has 0 saturated carbocycles. The number of carbonyl (C=O) groups is 1. The van der Waals surface area contributed by atoms with Crippen LogP contribution in [0.2, 0.25) is 5.02 Å². The first kappa shape index (κ1) is 23.8. The first-order valence-corrected chi connectivity index (χ1v) is 12.0. The molecule has 170 valence electrons. The molecule has 0 radical (unpaired) electrons. The van der Waals surface area contributed by atoms with E-state index in [0.717, 1.165) is 11.1 Å². The minimum atomic E-state index is -0.205. The highest BCUT2D eigenvalue weighted by Crippen LogP contribution is 2.38. The van der Waals surface area contributed by atoms with Crippen LogP contribution in [0.3, 0.4) is 0 Å². The summed E-state index contributed by atoms with van der Waals surface area (Å²) in [6.07, 6.45) is 1.78. The lowest BCUT2D eigenvalue weighted by atomic mass is 10.1. The third kappa shape index (κ3) is 5.26. The molecule has 3 aromatic rings. The number of halogens is 1. The number of carbonyl (C=O) groups excluding carboxylic acids is 1. The van der Waals surface area contributed by atoms with Crippen molar-refractivity contribution in [3.8, 4) is 17.6 Å². The van der Waals surface area contributed by atoms with E-state index in [-0.39, 0.29) is 12.5 Å². The molecule has 3 aromatic carbocycles. The van der Waals surface area contributed by atoms with Gasteiger partial charge in [0.1, 0.15) is 6.61 Å². The normalized spacial score (nSPS) is 14.4. The SMILES string of the molecule is CCOc1cc(/C=C2/SC(=S)N(c3cccc(Cl)c3)C2=O)ccc1OCc1ccccc1C#N. The molecule has 1 saturated heterocycles. The quantitative estimate of drug-likeness (QED) is 0.266. The molecular formula is C26H19ClN2O3S2. The summed E-state index contributed by atoms with van der Waals surface area (Å²) in [6.45, 7) is 2.57. The van der Waals surface area contributed by atoms with Crippen LogP contribution in [0.15, 0.2) is 71.6 Å².